The molecule has 2 rings (SSSR count). The molecule has 0 aromatic heterocycles. The van der Waals surface area contributed by atoms with E-state index in [2.05, 4.69) is 45.0 Å². The Kier molecular flexibility index (Phi) is 7.25. The summed E-state index contributed by atoms with van der Waals surface area (Å²) < 4.78 is 50.2. The second kappa shape index (κ2) is 8.70. The van der Waals surface area contributed by atoms with Gasteiger partial charge in [0, 0.05) is 6.42 Å². The lowest BCUT2D eigenvalue weighted by Gasteiger charge is -2.32. The highest BCUT2D eigenvalue weighted by Crippen LogP contribution is 2.41. The van der Waals surface area contributed by atoms with Crippen molar-refractivity contribution in [2.75, 3.05) is 0 Å². The molecule has 1 aromatic rings. The van der Waals surface area contributed by atoms with Crippen molar-refractivity contribution in [2.45, 2.75) is 104 Å². The molecule has 1 heterocycles. The zero-order valence-corrected chi connectivity index (χ0v) is 19.7. The molecule has 1 aliphatic rings. The fourth-order valence-corrected chi connectivity index (χ4v) is 3.51. The number of hydrogen-bond acceptors (Lipinski definition) is 2. The molecule has 30 heavy (non-hydrogen) atoms. The van der Waals surface area contributed by atoms with E-state index in [0.717, 1.165) is 16.6 Å². The standard InChI is InChI=1S/C24H36BF3O2/c1-17(18-12-14-19(15-13-18)21(2,3)4)20(11-9-10-16-24(26,27)28)25-29-22(5,6)23(7,8)30-25/h12-15H,9-11,16H2,1-8H3/b20-17-. The molecule has 1 fully saturated rings. The molecule has 2 nitrogen and oxygen atoms in total. The molecule has 0 unspecified atom stereocenters. The van der Waals surface area contributed by atoms with Gasteiger partial charge >= 0.3 is 13.3 Å². The van der Waals surface area contributed by atoms with Gasteiger partial charge in [-0.05, 0) is 81.5 Å². The first-order valence-corrected chi connectivity index (χ1v) is 10.8. The normalized spacial score (nSPS) is 19.8. The first-order chi connectivity index (χ1) is 13.5. The Balaban J connectivity index is 2.32. The van der Waals surface area contributed by atoms with Gasteiger partial charge < -0.3 is 9.31 Å². The van der Waals surface area contributed by atoms with Crippen molar-refractivity contribution in [1.29, 1.82) is 0 Å². The quantitative estimate of drug-likeness (QED) is 0.348. The van der Waals surface area contributed by atoms with Gasteiger partial charge in [-0.15, -0.1) is 0 Å². The zero-order chi connectivity index (χ0) is 23.0. The molecule has 0 aliphatic carbocycles. The van der Waals surface area contributed by atoms with Gasteiger partial charge in [-0.3, -0.25) is 0 Å². The van der Waals surface area contributed by atoms with Crippen LogP contribution >= 0.6 is 0 Å². The summed E-state index contributed by atoms with van der Waals surface area (Å²) in [7, 11) is -0.553. The summed E-state index contributed by atoms with van der Waals surface area (Å²) in [5.74, 6) is 0. The lowest BCUT2D eigenvalue weighted by Crippen LogP contribution is -2.41. The molecule has 0 radical (unpaired) electrons. The fourth-order valence-electron chi connectivity index (χ4n) is 3.51. The number of rotatable bonds is 6. The van der Waals surface area contributed by atoms with Gasteiger partial charge in [0.2, 0.25) is 0 Å². The van der Waals surface area contributed by atoms with Crippen LogP contribution in [0.25, 0.3) is 5.57 Å². The maximum absolute atomic E-state index is 12.6. The minimum absolute atomic E-state index is 0.0578. The molecule has 0 amide bonds. The zero-order valence-electron chi connectivity index (χ0n) is 19.7. The molecule has 0 spiro atoms. The largest absolute Gasteiger partial charge is 0.490 e. The van der Waals surface area contributed by atoms with Gasteiger partial charge in [0.25, 0.3) is 0 Å². The lowest BCUT2D eigenvalue weighted by molar-refractivity contribution is -0.135. The van der Waals surface area contributed by atoms with Gasteiger partial charge in [-0.25, -0.2) is 0 Å². The number of alkyl halides is 3. The molecule has 0 saturated carbocycles. The molecular formula is C24H36BF3O2. The molecule has 0 atom stereocenters. The third-order valence-corrected chi connectivity index (χ3v) is 6.36. The molecule has 1 saturated heterocycles. The molecule has 168 valence electrons. The van der Waals surface area contributed by atoms with Crippen molar-refractivity contribution in [3.63, 3.8) is 0 Å². The Morgan fingerprint density at radius 3 is 1.83 bits per heavy atom. The number of halogens is 3. The van der Waals surface area contributed by atoms with Gasteiger partial charge in [-0.2, -0.15) is 13.2 Å². The smallest absolute Gasteiger partial charge is 0.400 e. The van der Waals surface area contributed by atoms with E-state index in [1.165, 1.54) is 5.56 Å². The summed E-state index contributed by atoms with van der Waals surface area (Å²) in [5, 5.41) is 0. The summed E-state index contributed by atoms with van der Waals surface area (Å²) in [6, 6.07) is 8.39. The van der Waals surface area contributed by atoms with Crippen LogP contribution in [0.4, 0.5) is 13.2 Å². The van der Waals surface area contributed by atoms with Crippen LogP contribution in [0.3, 0.4) is 0 Å². The van der Waals surface area contributed by atoms with Crippen LogP contribution in [-0.4, -0.2) is 24.5 Å². The Morgan fingerprint density at radius 2 is 1.40 bits per heavy atom. The van der Waals surface area contributed by atoms with E-state index in [1.54, 1.807) is 0 Å². The average molecular weight is 424 g/mol. The predicted molar refractivity (Wildman–Crippen MR) is 118 cm³/mol. The van der Waals surface area contributed by atoms with Crippen molar-refractivity contribution in [1.82, 2.24) is 0 Å². The summed E-state index contributed by atoms with van der Waals surface area (Å²) in [6.45, 7) is 16.5. The lowest BCUT2D eigenvalue weighted by atomic mass is 9.71. The van der Waals surface area contributed by atoms with Crippen LogP contribution in [0.1, 0.15) is 92.2 Å². The van der Waals surface area contributed by atoms with Crippen molar-refractivity contribution in [2.24, 2.45) is 0 Å². The van der Waals surface area contributed by atoms with E-state index in [-0.39, 0.29) is 11.8 Å². The van der Waals surface area contributed by atoms with Crippen molar-refractivity contribution in [3.8, 4) is 0 Å². The molecular weight excluding hydrogens is 388 g/mol. The van der Waals surface area contributed by atoms with Crippen molar-refractivity contribution >= 4 is 12.7 Å². The van der Waals surface area contributed by atoms with Crippen LogP contribution in [0.15, 0.2) is 29.7 Å². The maximum atomic E-state index is 12.6. The van der Waals surface area contributed by atoms with Gasteiger partial charge in [0.05, 0.1) is 11.2 Å². The van der Waals surface area contributed by atoms with Gasteiger partial charge in [-0.1, -0.05) is 45.0 Å². The van der Waals surface area contributed by atoms with Gasteiger partial charge in [0.15, 0.2) is 0 Å². The van der Waals surface area contributed by atoms with E-state index in [1.807, 2.05) is 34.6 Å². The van der Waals surface area contributed by atoms with Crippen molar-refractivity contribution in [3.05, 3.63) is 40.9 Å². The van der Waals surface area contributed by atoms with E-state index < -0.39 is 30.9 Å². The first kappa shape index (κ1) is 25.0. The molecule has 1 aliphatic heterocycles. The topological polar surface area (TPSA) is 18.5 Å². The Labute approximate surface area is 180 Å². The van der Waals surface area contributed by atoms with E-state index in [4.69, 9.17) is 9.31 Å². The number of benzene rings is 1. The second-order valence-electron chi connectivity index (χ2n) is 10.4. The number of unbranched alkanes of at least 4 members (excludes halogenated alkanes) is 1. The third-order valence-electron chi connectivity index (χ3n) is 6.36. The van der Waals surface area contributed by atoms with Crippen LogP contribution in [0.5, 0.6) is 0 Å². The monoisotopic (exact) mass is 424 g/mol. The Morgan fingerprint density at radius 1 is 0.900 bits per heavy atom. The molecule has 0 bridgehead atoms. The Bertz CT molecular complexity index is 740. The minimum atomic E-state index is -4.12. The van der Waals surface area contributed by atoms with Crippen LogP contribution in [0.2, 0.25) is 0 Å². The van der Waals surface area contributed by atoms with Crippen LogP contribution in [-0.2, 0) is 14.7 Å². The number of allylic oxidation sites excluding steroid dienone is 2. The molecule has 0 N–H and O–H groups in total. The highest BCUT2D eigenvalue weighted by atomic mass is 19.4. The summed E-state index contributed by atoms with van der Waals surface area (Å²) in [4.78, 5) is 0. The van der Waals surface area contributed by atoms with E-state index >= 15 is 0 Å². The summed E-state index contributed by atoms with van der Waals surface area (Å²) in [6.07, 6.45) is -3.83. The third kappa shape index (κ3) is 6.13. The van der Waals surface area contributed by atoms with E-state index in [0.29, 0.717) is 12.8 Å². The second-order valence-corrected chi connectivity index (χ2v) is 10.4. The first-order valence-electron chi connectivity index (χ1n) is 10.8. The van der Waals surface area contributed by atoms with Crippen LogP contribution < -0.4 is 0 Å². The van der Waals surface area contributed by atoms with Crippen molar-refractivity contribution < 1.29 is 22.5 Å². The minimum Gasteiger partial charge on any atom is -0.400 e. The fraction of sp³-hybridized carbons (Fsp3) is 0.667. The summed E-state index contributed by atoms with van der Waals surface area (Å²) in [5.41, 5.74) is 3.30. The predicted octanol–water partition coefficient (Wildman–Crippen LogP) is 7.51. The van der Waals surface area contributed by atoms with Gasteiger partial charge in [0.1, 0.15) is 0 Å². The van der Waals surface area contributed by atoms with Crippen LogP contribution in [0, 0.1) is 0 Å². The molecule has 1 aromatic carbocycles. The highest BCUT2D eigenvalue weighted by Gasteiger charge is 2.52. The number of hydrogen-bond donors (Lipinski definition) is 0. The highest BCUT2D eigenvalue weighted by molar-refractivity contribution is 6.56. The Hall–Kier alpha value is -1.27. The van der Waals surface area contributed by atoms with E-state index in [9.17, 15) is 13.2 Å². The SMILES string of the molecule is C/C(=C(\CCCCC(F)(F)F)B1OC(C)(C)C(C)(C)O1)c1ccc(C(C)(C)C)cc1. The maximum Gasteiger partial charge on any atom is 0.490 e. The average Bonchev–Trinajstić information content (AvgIpc) is 2.80. The summed E-state index contributed by atoms with van der Waals surface area (Å²) >= 11 is 0. The molecule has 6 heteroatoms.